The second-order valence-corrected chi connectivity index (χ2v) is 11.2. The molecule has 1 saturated heterocycles. The molecule has 8 nitrogen and oxygen atoms in total. The minimum Gasteiger partial charge on any atom is -0.281 e. The Morgan fingerprint density at radius 3 is 2.10 bits per heavy atom. The third-order valence-corrected chi connectivity index (χ3v) is 9.11. The van der Waals surface area contributed by atoms with E-state index in [9.17, 15) is 30.0 Å². The summed E-state index contributed by atoms with van der Waals surface area (Å²) in [5.41, 5.74) is 0.127. The number of benzene rings is 1. The van der Waals surface area contributed by atoms with Crippen LogP contribution < -0.4 is 0 Å². The lowest BCUT2D eigenvalue weighted by molar-refractivity contribution is -0.137. The monoisotopic (exact) mass is 480 g/mol. The number of hydrogen-bond donors (Lipinski definition) is 1. The number of alkyl halides is 3. The average molecular weight is 481 g/mol. The maximum atomic E-state index is 13.0. The van der Waals surface area contributed by atoms with E-state index in [-0.39, 0.29) is 36.6 Å². The van der Waals surface area contributed by atoms with E-state index in [0.29, 0.717) is 17.8 Å². The number of aromatic nitrogens is 2. The fourth-order valence-corrected chi connectivity index (χ4v) is 6.89. The number of aryl methyl sites for hydroxylation is 2. The van der Waals surface area contributed by atoms with E-state index >= 15 is 0 Å². The van der Waals surface area contributed by atoms with Gasteiger partial charge >= 0.3 is 6.18 Å². The van der Waals surface area contributed by atoms with Gasteiger partial charge in [0.05, 0.1) is 22.7 Å². The summed E-state index contributed by atoms with van der Waals surface area (Å²) in [5.74, 6) is -0.460. The van der Waals surface area contributed by atoms with Crippen LogP contribution in [0.25, 0.3) is 0 Å². The average Bonchev–Trinajstić information content (AvgIpc) is 2.86. The second-order valence-electron chi connectivity index (χ2n) is 7.37. The first kappa shape index (κ1) is 23.7. The van der Waals surface area contributed by atoms with Crippen molar-refractivity contribution in [1.29, 1.82) is 0 Å². The van der Waals surface area contributed by atoms with Crippen molar-refractivity contribution >= 4 is 20.0 Å². The highest BCUT2D eigenvalue weighted by molar-refractivity contribution is 7.89. The molecule has 0 spiro atoms. The lowest BCUT2D eigenvalue weighted by Gasteiger charge is -2.22. The van der Waals surface area contributed by atoms with Crippen molar-refractivity contribution in [2.45, 2.75) is 37.1 Å². The topological polar surface area (TPSA) is 103 Å². The van der Waals surface area contributed by atoms with Gasteiger partial charge in [0.2, 0.25) is 20.0 Å². The Morgan fingerprint density at radius 2 is 1.55 bits per heavy atom. The molecule has 0 atom stereocenters. The van der Waals surface area contributed by atoms with Gasteiger partial charge in [-0.1, -0.05) is 12.1 Å². The third-order valence-electron chi connectivity index (χ3n) is 5.10. The summed E-state index contributed by atoms with van der Waals surface area (Å²) >= 11 is 0. The number of H-pyrrole nitrogens is 1. The fraction of sp³-hybridized carbons (Fsp3) is 0.500. The summed E-state index contributed by atoms with van der Waals surface area (Å²) in [7, 11) is -7.67. The number of hydrogen-bond acceptors (Lipinski definition) is 5. The molecule has 1 aromatic heterocycles. The van der Waals surface area contributed by atoms with E-state index in [1.54, 1.807) is 13.8 Å². The highest BCUT2D eigenvalue weighted by atomic mass is 32.2. The molecular formula is C18H23F3N4O4S2. The van der Waals surface area contributed by atoms with Gasteiger partial charge < -0.3 is 0 Å². The van der Waals surface area contributed by atoms with Crippen LogP contribution in [0.15, 0.2) is 29.2 Å². The SMILES string of the molecule is Cc1n[nH]c(C)c1S(=O)(=O)N1CCCN(S(=O)(=O)Cc2ccc(C(F)(F)F)cc2)CC1. The van der Waals surface area contributed by atoms with E-state index in [1.807, 2.05) is 0 Å². The molecule has 3 rings (SSSR count). The summed E-state index contributed by atoms with van der Waals surface area (Å²) in [6, 6.07) is 3.97. The predicted molar refractivity (Wildman–Crippen MR) is 107 cm³/mol. The van der Waals surface area contributed by atoms with Crippen molar-refractivity contribution in [2.24, 2.45) is 0 Å². The molecule has 13 heteroatoms. The molecular weight excluding hydrogens is 457 g/mol. The Kier molecular flexibility index (Phi) is 6.52. The van der Waals surface area contributed by atoms with Crippen molar-refractivity contribution in [3.63, 3.8) is 0 Å². The first-order valence-electron chi connectivity index (χ1n) is 9.48. The van der Waals surface area contributed by atoms with Crippen molar-refractivity contribution < 1.29 is 30.0 Å². The number of halogens is 3. The van der Waals surface area contributed by atoms with Gasteiger partial charge in [-0.05, 0) is 38.0 Å². The zero-order valence-corrected chi connectivity index (χ0v) is 18.6. The van der Waals surface area contributed by atoms with Gasteiger partial charge in [0, 0.05) is 26.2 Å². The second kappa shape index (κ2) is 8.52. The normalized spacial score (nSPS) is 17.6. The zero-order chi connectivity index (χ0) is 23.0. The minimum absolute atomic E-state index is 0.0291. The van der Waals surface area contributed by atoms with Crippen molar-refractivity contribution in [3.05, 3.63) is 46.8 Å². The van der Waals surface area contributed by atoms with Gasteiger partial charge in [-0.25, -0.2) is 21.1 Å². The zero-order valence-electron chi connectivity index (χ0n) is 17.0. The maximum absolute atomic E-state index is 13.0. The molecule has 0 aliphatic carbocycles. The number of aromatic amines is 1. The van der Waals surface area contributed by atoms with Crippen LogP contribution in [0.4, 0.5) is 13.2 Å². The van der Waals surface area contributed by atoms with Crippen LogP contribution in [0.2, 0.25) is 0 Å². The highest BCUT2D eigenvalue weighted by Crippen LogP contribution is 2.29. The summed E-state index contributed by atoms with van der Waals surface area (Å²) in [5, 5.41) is 6.55. The molecule has 1 aliphatic rings. The van der Waals surface area contributed by atoms with Crippen LogP contribution in [0.5, 0.6) is 0 Å². The molecule has 1 fully saturated rings. The van der Waals surface area contributed by atoms with Crippen molar-refractivity contribution in [3.8, 4) is 0 Å². The quantitative estimate of drug-likeness (QED) is 0.707. The molecule has 0 saturated carbocycles. The minimum atomic E-state index is -4.50. The van der Waals surface area contributed by atoms with E-state index < -0.39 is 37.5 Å². The molecule has 0 radical (unpaired) electrons. The molecule has 1 aliphatic heterocycles. The standard InChI is InChI=1S/C18H23F3N4O4S2/c1-13-17(14(2)23-22-13)31(28,29)25-9-3-8-24(10-11-25)30(26,27)12-15-4-6-16(7-5-15)18(19,20)21/h4-7H,3,8-12H2,1-2H3,(H,22,23). The molecule has 0 amide bonds. The van der Waals surface area contributed by atoms with Gasteiger partial charge in [0.1, 0.15) is 4.90 Å². The maximum Gasteiger partial charge on any atom is 0.416 e. The Balaban J connectivity index is 1.72. The molecule has 0 bridgehead atoms. The van der Waals surface area contributed by atoms with Crippen molar-refractivity contribution in [1.82, 2.24) is 18.8 Å². The smallest absolute Gasteiger partial charge is 0.281 e. The van der Waals surface area contributed by atoms with Gasteiger partial charge in [-0.15, -0.1) is 0 Å². The molecule has 31 heavy (non-hydrogen) atoms. The van der Waals surface area contributed by atoms with Gasteiger partial charge in [0.15, 0.2) is 0 Å². The van der Waals surface area contributed by atoms with Crippen LogP contribution in [0.3, 0.4) is 0 Å². The molecule has 1 N–H and O–H groups in total. The van der Waals surface area contributed by atoms with E-state index in [4.69, 9.17) is 0 Å². The molecule has 0 unspecified atom stereocenters. The Morgan fingerprint density at radius 1 is 0.968 bits per heavy atom. The largest absolute Gasteiger partial charge is 0.416 e. The Hall–Kier alpha value is -1.96. The highest BCUT2D eigenvalue weighted by Gasteiger charge is 2.34. The van der Waals surface area contributed by atoms with E-state index in [1.165, 1.54) is 8.61 Å². The number of nitrogens with zero attached hydrogens (tertiary/aromatic N) is 3. The summed E-state index contributed by atoms with van der Waals surface area (Å²) < 4.78 is 92.1. The first-order chi connectivity index (χ1) is 14.3. The molecule has 2 heterocycles. The summed E-state index contributed by atoms with van der Waals surface area (Å²) in [4.78, 5) is 0.0913. The van der Waals surface area contributed by atoms with Gasteiger partial charge in [0.25, 0.3) is 0 Å². The van der Waals surface area contributed by atoms with Crippen LogP contribution in [-0.2, 0) is 32.0 Å². The lowest BCUT2D eigenvalue weighted by Crippen LogP contribution is -2.38. The van der Waals surface area contributed by atoms with Crippen LogP contribution in [0.1, 0.15) is 28.9 Å². The summed E-state index contributed by atoms with van der Waals surface area (Å²) in [6.45, 7) is 3.38. The van der Waals surface area contributed by atoms with E-state index in [0.717, 1.165) is 24.3 Å². The van der Waals surface area contributed by atoms with Gasteiger partial charge in [-0.3, -0.25) is 5.10 Å². The Labute approximate surface area is 179 Å². The number of sulfonamides is 2. The molecule has 1 aromatic carbocycles. The first-order valence-corrected chi connectivity index (χ1v) is 12.5. The summed E-state index contributed by atoms with van der Waals surface area (Å²) in [6.07, 6.45) is -4.20. The lowest BCUT2D eigenvalue weighted by atomic mass is 10.1. The van der Waals surface area contributed by atoms with Gasteiger partial charge in [-0.2, -0.15) is 22.6 Å². The van der Waals surface area contributed by atoms with E-state index in [2.05, 4.69) is 10.2 Å². The van der Waals surface area contributed by atoms with Crippen LogP contribution in [-0.4, -0.2) is 61.8 Å². The van der Waals surface area contributed by atoms with Crippen LogP contribution >= 0.6 is 0 Å². The van der Waals surface area contributed by atoms with Crippen molar-refractivity contribution in [2.75, 3.05) is 26.2 Å². The third kappa shape index (κ3) is 5.10. The number of nitrogens with one attached hydrogen (secondary N) is 1. The fourth-order valence-electron chi connectivity index (χ4n) is 3.53. The Bertz CT molecular complexity index is 1120. The molecule has 2 aromatic rings. The van der Waals surface area contributed by atoms with Crippen LogP contribution in [0, 0.1) is 13.8 Å². The predicted octanol–water partition coefficient (Wildman–Crippen LogP) is 2.27. The molecule has 172 valence electrons. The number of rotatable bonds is 5.